The number of amides is 1. The van der Waals surface area contributed by atoms with Gasteiger partial charge in [-0.05, 0) is 25.7 Å². The Balaban J connectivity index is 1.86. The zero-order chi connectivity index (χ0) is 13.7. The van der Waals surface area contributed by atoms with E-state index in [0.29, 0.717) is 12.2 Å². The summed E-state index contributed by atoms with van der Waals surface area (Å²) in [6.07, 6.45) is 8.44. The largest absolute Gasteiger partial charge is 0.480 e. The minimum absolute atomic E-state index is 0.103. The molecule has 102 valence electrons. The molecule has 0 fully saturated rings. The third kappa shape index (κ3) is 4.24. The Morgan fingerprint density at radius 1 is 1.42 bits per heavy atom. The number of aliphatic carboxylic acids is 1. The van der Waals surface area contributed by atoms with Gasteiger partial charge in [0.25, 0.3) is 0 Å². The summed E-state index contributed by atoms with van der Waals surface area (Å²) < 4.78 is 1.28. The zero-order valence-electron chi connectivity index (χ0n) is 10.6. The SMILES string of the molecule is O=C(O)Cn1ccc(NC(=O)CC2=CCCCC2)n1. The molecule has 0 radical (unpaired) electrons. The van der Waals surface area contributed by atoms with Gasteiger partial charge in [-0.1, -0.05) is 11.6 Å². The highest BCUT2D eigenvalue weighted by Gasteiger charge is 2.10. The summed E-state index contributed by atoms with van der Waals surface area (Å²) in [6, 6.07) is 1.59. The van der Waals surface area contributed by atoms with Crippen LogP contribution in [-0.4, -0.2) is 26.8 Å². The van der Waals surface area contributed by atoms with Crippen LogP contribution in [0.15, 0.2) is 23.9 Å². The zero-order valence-corrected chi connectivity index (χ0v) is 10.6. The first kappa shape index (κ1) is 13.3. The van der Waals surface area contributed by atoms with Crippen molar-refractivity contribution >= 4 is 17.7 Å². The molecule has 0 atom stereocenters. The van der Waals surface area contributed by atoms with E-state index in [0.717, 1.165) is 19.3 Å². The molecule has 6 heteroatoms. The van der Waals surface area contributed by atoms with Crippen molar-refractivity contribution in [1.82, 2.24) is 9.78 Å². The molecule has 2 rings (SSSR count). The molecule has 1 amide bonds. The number of rotatable bonds is 5. The van der Waals surface area contributed by atoms with Crippen molar-refractivity contribution < 1.29 is 14.7 Å². The third-order valence-electron chi connectivity index (χ3n) is 2.98. The van der Waals surface area contributed by atoms with Gasteiger partial charge in [0.2, 0.25) is 5.91 Å². The molecule has 0 saturated heterocycles. The molecular weight excluding hydrogens is 246 g/mol. The van der Waals surface area contributed by atoms with Crippen molar-refractivity contribution in [2.24, 2.45) is 0 Å². The summed E-state index contributed by atoms with van der Waals surface area (Å²) in [4.78, 5) is 22.3. The Kier molecular flexibility index (Phi) is 4.33. The second-order valence-corrected chi connectivity index (χ2v) is 4.63. The van der Waals surface area contributed by atoms with Gasteiger partial charge in [0.05, 0.1) is 0 Å². The van der Waals surface area contributed by atoms with Crippen LogP contribution in [0.3, 0.4) is 0 Å². The monoisotopic (exact) mass is 263 g/mol. The molecule has 1 aliphatic carbocycles. The highest BCUT2D eigenvalue weighted by Crippen LogP contribution is 2.20. The molecule has 0 saturated carbocycles. The van der Waals surface area contributed by atoms with Crippen molar-refractivity contribution in [2.75, 3.05) is 5.32 Å². The van der Waals surface area contributed by atoms with E-state index < -0.39 is 5.97 Å². The van der Waals surface area contributed by atoms with Gasteiger partial charge in [0.1, 0.15) is 6.54 Å². The van der Waals surface area contributed by atoms with Crippen LogP contribution in [0.25, 0.3) is 0 Å². The minimum Gasteiger partial charge on any atom is -0.480 e. The predicted octanol–water partition coefficient (Wildman–Crippen LogP) is 1.80. The van der Waals surface area contributed by atoms with Gasteiger partial charge in [0.15, 0.2) is 5.82 Å². The van der Waals surface area contributed by atoms with Gasteiger partial charge in [-0.2, -0.15) is 5.10 Å². The summed E-state index contributed by atoms with van der Waals surface area (Å²) in [5.41, 5.74) is 1.17. The number of nitrogens with zero attached hydrogens (tertiary/aromatic N) is 2. The van der Waals surface area contributed by atoms with E-state index in [2.05, 4.69) is 16.5 Å². The topological polar surface area (TPSA) is 84.2 Å². The van der Waals surface area contributed by atoms with E-state index in [4.69, 9.17) is 5.11 Å². The van der Waals surface area contributed by atoms with Crippen LogP contribution < -0.4 is 5.32 Å². The molecule has 1 aromatic heterocycles. The maximum atomic E-state index is 11.8. The highest BCUT2D eigenvalue weighted by molar-refractivity contribution is 5.91. The second kappa shape index (κ2) is 6.17. The van der Waals surface area contributed by atoms with E-state index in [1.807, 2.05) is 0 Å². The maximum Gasteiger partial charge on any atom is 0.325 e. The van der Waals surface area contributed by atoms with Crippen molar-refractivity contribution in [3.8, 4) is 0 Å². The van der Waals surface area contributed by atoms with Crippen molar-refractivity contribution in [3.05, 3.63) is 23.9 Å². The molecule has 1 aromatic rings. The van der Waals surface area contributed by atoms with Gasteiger partial charge in [-0.25, -0.2) is 0 Å². The average Bonchev–Trinajstić information content (AvgIpc) is 2.76. The Bertz CT molecular complexity index is 505. The predicted molar refractivity (Wildman–Crippen MR) is 69.7 cm³/mol. The highest BCUT2D eigenvalue weighted by atomic mass is 16.4. The number of aromatic nitrogens is 2. The number of anilines is 1. The summed E-state index contributed by atoms with van der Waals surface area (Å²) in [7, 11) is 0. The lowest BCUT2D eigenvalue weighted by molar-refractivity contribution is -0.137. The van der Waals surface area contributed by atoms with Gasteiger partial charge < -0.3 is 10.4 Å². The summed E-state index contributed by atoms with van der Waals surface area (Å²) >= 11 is 0. The fraction of sp³-hybridized carbons (Fsp3) is 0.462. The fourth-order valence-electron chi connectivity index (χ4n) is 2.11. The van der Waals surface area contributed by atoms with Gasteiger partial charge >= 0.3 is 5.97 Å². The third-order valence-corrected chi connectivity index (χ3v) is 2.98. The number of carbonyl (C=O) groups is 2. The van der Waals surface area contributed by atoms with Crippen LogP contribution in [0, 0.1) is 0 Å². The lowest BCUT2D eigenvalue weighted by Crippen LogP contribution is -2.14. The first-order valence-electron chi connectivity index (χ1n) is 6.36. The number of carboxylic acid groups (broad SMARTS) is 1. The fourth-order valence-corrected chi connectivity index (χ4v) is 2.11. The van der Waals surface area contributed by atoms with E-state index in [-0.39, 0.29) is 12.5 Å². The van der Waals surface area contributed by atoms with Crippen molar-refractivity contribution in [2.45, 2.75) is 38.6 Å². The summed E-state index contributed by atoms with van der Waals surface area (Å²) in [6.45, 7) is -0.207. The number of nitrogens with one attached hydrogen (secondary N) is 1. The molecule has 0 bridgehead atoms. The Hall–Kier alpha value is -2.11. The first-order chi connectivity index (χ1) is 9.13. The number of hydrogen-bond acceptors (Lipinski definition) is 3. The quantitative estimate of drug-likeness (QED) is 0.793. The van der Waals surface area contributed by atoms with Crippen LogP contribution in [0.4, 0.5) is 5.82 Å². The molecule has 0 aromatic carbocycles. The van der Waals surface area contributed by atoms with Crippen molar-refractivity contribution in [3.63, 3.8) is 0 Å². The molecule has 1 aliphatic rings. The molecule has 6 nitrogen and oxygen atoms in total. The molecule has 1 heterocycles. The van der Waals surface area contributed by atoms with Crippen LogP contribution in [0.5, 0.6) is 0 Å². The van der Waals surface area contributed by atoms with Gasteiger partial charge in [-0.3, -0.25) is 14.3 Å². The normalized spacial score (nSPS) is 14.8. The van der Waals surface area contributed by atoms with Crippen LogP contribution in [-0.2, 0) is 16.1 Å². The van der Waals surface area contributed by atoms with E-state index in [1.165, 1.54) is 22.9 Å². The van der Waals surface area contributed by atoms with E-state index in [1.54, 1.807) is 6.07 Å². The number of allylic oxidation sites excluding steroid dienone is 1. The van der Waals surface area contributed by atoms with Crippen LogP contribution in [0.1, 0.15) is 32.1 Å². The molecular formula is C13H17N3O3. The minimum atomic E-state index is -0.965. The summed E-state index contributed by atoms with van der Waals surface area (Å²) in [5.74, 6) is -0.676. The average molecular weight is 263 g/mol. The molecule has 0 unspecified atom stereocenters. The Morgan fingerprint density at radius 2 is 2.26 bits per heavy atom. The standard InChI is InChI=1S/C13H17N3O3/c17-12(8-10-4-2-1-3-5-10)14-11-6-7-16(15-11)9-13(18)19/h4,6-7H,1-3,5,8-9H2,(H,18,19)(H,14,15,17). The maximum absolute atomic E-state index is 11.8. The number of carbonyl (C=O) groups excluding carboxylic acids is 1. The number of carboxylic acids is 1. The Morgan fingerprint density at radius 3 is 2.95 bits per heavy atom. The number of hydrogen-bond donors (Lipinski definition) is 2. The van der Waals surface area contributed by atoms with Crippen LogP contribution in [0.2, 0.25) is 0 Å². The lowest BCUT2D eigenvalue weighted by Gasteiger charge is -2.11. The van der Waals surface area contributed by atoms with Crippen LogP contribution >= 0.6 is 0 Å². The van der Waals surface area contributed by atoms with E-state index >= 15 is 0 Å². The smallest absolute Gasteiger partial charge is 0.325 e. The van der Waals surface area contributed by atoms with Gasteiger partial charge in [-0.15, -0.1) is 0 Å². The summed E-state index contributed by atoms with van der Waals surface area (Å²) in [5, 5.41) is 15.3. The van der Waals surface area contributed by atoms with Gasteiger partial charge in [0, 0.05) is 18.7 Å². The molecule has 0 aliphatic heterocycles. The molecule has 19 heavy (non-hydrogen) atoms. The van der Waals surface area contributed by atoms with E-state index in [9.17, 15) is 9.59 Å². The molecule has 0 spiro atoms. The lowest BCUT2D eigenvalue weighted by atomic mass is 9.97. The molecule has 2 N–H and O–H groups in total. The first-order valence-corrected chi connectivity index (χ1v) is 6.36. The Labute approximate surface area is 111 Å². The van der Waals surface area contributed by atoms with Crippen molar-refractivity contribution in [1.29, 1.82) is 0 Å². The second-order valence-electron chi connectivity index (χ2n) is 4.63.